The van der Waals surface area contributed by atoms with Gasteiger partial charge in [0.25, 0.3) is 7.55 Å². The van der Waals surface area contributed by atoms with Crippen molar-refractivity contribution >= 4 is 23.8 Å². The molecule has 1 aromatic rings. The lowest BCUT2D eigenvalue weighted by Crippen LogP contribution is -2.60. The fourth-order valence-corrected chi connectivity index (χ4v) is 4.55. The topological polar surface area (TPSA) is 12.0 Å². The molecule has 0 saturated carbocycles. The van der Waals surface area contributed by atoms with E-state index in [0.29, 0.717) is 0 Å². The maximum Gasteiger partial charge on any atom is 0.262 e. The van der Waals surface area contributed by atoms with Crippen LogP contribution in [0.2, 0.25) is 5.04 Å². The second-order valence-electron chi connectivity index (χ2n) is 4.52. The molecule has 0 aromatic heterocycles. The minimum absolute atomic E-state index is 0.102. The van der Waals surface area contributed by atoms with E-state index in [0.717, 1.165) is 0 Å². The molecule has 0 saturated heterocycles. The van der Waals surface area contributed by atoms with Crippen molar-refractivity contribution in [3.8, 4) is 0 Å². The Labute approximate surface area is 92.3 Å². The number of rotatable bonds is 2. The second-order valence-corrected chi connectivity index (χ2v) is 10.1. The summed E-state index contributed by atoms with van der Waals surface area (Å²) in [4.78, 5) is 3.34. The molecule has 0 heterocycles. The Balaban J connectivity index is 3.15. The first-order chi connectivity index (χ1) is 6.42. The number of nitrogens with one attached hydrogen (secondary N) is 1. The summed E-state index contributed by atoms with van der Waals surface area (Å²) in [6.07, 6.45) is 0. The van der Waals surface area contributed by atoms with Crippen LogP contribution in [-0.2, 0) is 0 Å². The van der Waals surface area contributed by atoms with Crippen LogP contribution in [0.15, 0.2) is 30.3 Å². The van der Waals surface area contributed by atoms with Crippen LogP contribution in [0, 0.1) is 0 Å². The number of benzene rings is 1. The van der Waals surface area contributed by atoms with E-state index >= 15 is 0 Å². The number of hydrogen-bond donors (Lipinski definition) is 1. The van der Waals surface area contributed by atoms with Gasteiger partial charge in [0, 0.05) is 0 Å². The predicted octanol–water partition coefficient (Wildman–Crippen LogP) is 2.59. The fourth-order valence-electron chi connectivity index (χ4n) is 1.62. The molecule has 78 valence electrons. The highest BCUT2D eigenvalue weighted by Crippen LogP contribution is 2.36. The standard InChI is InChI=1S/C11H18ClNSi/c1-11(2,3)14(12,13-4)10-8-6-5-7-9-10/h5-9,13H,1-4H3. The third kappa shape index (κ3) is 2.02. The Morgan fingerprint density at radius 3 is 2.00 bits per heavy atom. The first-order valence-electron chi connectivity index (χ1n) is 4.85. The molecular formula is C11H18ClNSi. The maximum absolute atomic E-state index is 6.75. The molecule has 14 heavy (non-hydrogen) atoms. The predicted molar refractivity (Wildman–Crippen MR) is 66.5 cm³/mol. The summed E-state index contributed by atoms with van der Waals surface area (Å²) < 4.78 is 0. The fraction of sp³-hybridized carbons (Fsp3) is 0.455. The van der Waals surface area contributed by atoms with E-state index in [1.807, 2.05) is 25.2 Å². The molecule has 0 aliphatic heterocycles. The minimum atomic E-state index is -2.08. The van der Waals surface area contributed by atoms with Gasteiger partial charge in [-0.2, -0.15) is 0 Å². The van der Waals surface area contributed by atoms with Gasteiger partial charge in [-0.15, -0.1) is 11.1 Å². The Kier molecular flexibility index (Phi) is 3.40. The van der Waals surface area contributed by atoms with Gasteiger partial charge in [-0.05, 0) is 17.3 Å². The smallest absolute Gasteiger partial charge is 0.262 e. The van der Waals surface area contributed by atoms with Crippen LogP contribution in [0.1, 0.15) is 20.8 Å². The summed E-state index contributed by atoms with van der Waals surface area (Å²) in [6.45, 7) is 6.57. The Morgan fingerprint density at radius 1 is 1.14 bits per heavy atom. The second kappa shape index (κ2) is 4.05. The minimum Gasteiger partial charge on any atom is -0.324 e. The van der Waals surface area contributed by atoms with E-state index in [-0.39, 0.29) is 5.04 Å². The molecule has 0 radical (unpaired) electrons. The SMILES string of the molecule is CN[Si](Cl)(c1ccccc1)C(C)(C)C. The molecule has 1 unspecified atom stereocenters. The van der Waals surface area contributed by atoms with Crippen molar-refractivity contribution in [1.29, 1.82) is 0 Å². The average Bonchev–Trinajstić information content (AvgIpc) is 2.16. The van der Waals surface area contributed by atoms with E-state index < -0.39 is 7.55 Å². The van der Waals surface area contributed by atoms with E-state index in [9.17, 15) is 0 Å². The van der Waals surface area contributed by atoms with Crippen molar-refractivity contribution in [2.24, 2.45) is 0 Å². The molecular weight excluding hydrogens is 210 g/mol. The van der Waals surface area contributed by atoms with E-state index in [4.69, 9.17) is 11.1 Å². The lowest BCUT2D eigenvalue weighted by Gasteiger charge is -2.36. The highest BCUT2D eigenvalue weighted by molar-refractivity contribution is 7.27. The van der Waals surface area contributed by atoms with Gasteiger partial charge in [-0.1, -0.05) is 51.1 Å². The zero-order chi connectivity index (χ0) is 10.8. The van der Waals surface area contributed by atoms with Crippen LogP contribution in [0.3, 0.4) is 0 Å². The third-order valence-corrected chi connectivity index (χ3v) is 9.36. The highest BCUT2D eigenvalue weighted by atomic mass is 35.6. The van der Waals surface area contributed by atoms with Crippen LogP contribution in [-0.4, -0.2) is 14.6 Å². The summed E-state index contributed by atoms with van der Waals surface area (Å²) in [6, 6.07) is 10.3. The van der Waals surface area contributed by atoms with Crippen LogP contribution >= 0.6 is 11.1 Å². The van der Waals surface area contributed by atoms with Crippen molar-refractivity contribution in [3.63, 3.8) is 0 Å². The van der Waals surface area contributed by atoms with E-state index in [1.165, 1.54) is 5.19 Å². The quantitative estimate of drug-likeness (QED) is 0.605. The molecule has 1 nitrogen and oxygen atoms in total. The van der Waals surface area contributed by atoms with Gasteiger partial charge < -0.3 is 4.98 Å². The van der Waals surface area contributed by atoms with Gasteiger partial charge in [0.1, 0.15) is 0 Å². The molecule has 1 N–H and O–H groups in total. The van der Waals surface area contributed by atoms with Gasteiger partial charge in [0.2, 0.25) is 0 Å². The number of hydrogen-bond acceptors (Lipinski definition) is 1. The van der Waals surface area contributed by atoms with Crippen molar-refractivity contribution in [2.75, 3.05) is 7.05 Å². The molecule has 1 aromatic carbocycles. The Morgan fingerprint density at radius 2 is 1.64 bits per heavy atom. The Bertz CT molecular complexity index is 294. The first kappa shape index (κ1) is 11.8. The van der Waals surface area contributed by atoms with Crippen molar-refractivity contribution in [3.05, 3.63) is 30.3 Å². The molecule has 0 aliphatic rings. The summed E-state index contributed by atoms with van der Waals surface area (Å²) >= 11 is 6.75. The van der Waals surface area contributed by atoms with Gasteiger partial charge in [0.15, 0.2) is 0 Å². The van der Waals surface area contributed by atoms with Crippen molar-refractivity contribution in [1.82, 2.24) is 4.98 Å². The highest BCUT2D eigenvalue weighted by Gasteiger charge is 2.44. The van der Waals surface area contributed by atoms with Crippen LogP contribution in [0.25, 0.3) is 0 Å². The zero-order valence-corrected chi connectivity index (χ0v) is 11.0. The molecule has 1 rings (SSSR count). The van der Waals surface area contributed by atoms with Crippen LogP contribution in [0.5, 0.6) is 0 Å². The normalized spacial score (nSPS) is 16.4. The maximum atomic E-state index is 6.75. The molecule has 1 atom stereocenters. The number of halogens is 1. The molecule has 0 amide bonds. The van der Waals surface area contributed by atoms with Crippen molar-refractivity contribution in [2.45, 2.75) is 25.8 Å². The summed E-state index contributed by atoms with van der Waals surface area (Å²) in [7, 11) is -0.123. The summed E-state index contributed by atoms with van der Waals surface area (Å²) in [5.41, 5.74) is 0. The summed E-state index contributed by atoms with van der Waals surface area (Å²) in [5, 5.41) is 1.35. The lowest BCUT2D eigenvalue weighted by atomic mass is 10.2. The molecule has 0 aliphatic carbocycles. The first-order valence-corrected chi connectivity index (χ1v) is 7.86. The van der Waals surface area contributed by atoms with Crippen LogP contribution < -0.4 is 10.2 Å². The van der Waals surface area contributed by atoms with Gasteiger partial charge in [0.05, 0.1) is 0 Å². The van der Waals surface area contributed by atoms with Crippen LogP contribution in [0.4, 0.5) is 0 Å². The van der Waals surface area contributed by atoms with Gasteiger partial charge >= 0.3 is 0 Å². The molecule has 0 spiro atoms. The largest absolute Gasteiger partial charge is 0.324 e. The van der Waals surface area contributed by atoms with Gasteiger partial charge in [-0.25, -0.2) is 0 Å². The molecule has 0 fully saturated rings. The molecule has 3 heteroatoms. The third-order valence-electron chi connectivity index (χ3n) is 2.55. The van der Waals surface area contributed by atoms with E-state index in [1.54, 1.807) is 0 Å². The monoisotopic (exact) mass is 227 g/mol. The lowest BCUT2D eigenvalue weighted by molar-refractivity contribution is 0.721. The summed E-state index contributed by atoms with van der Waals surface area (Å²) in [5.74, 6) is 0. The molecule has 0 bridgehead atoms. The average molecular weight is 228 g/mol. The Hall–Kier alpha value is -0.313. The van der Waals surface area contributed by atoms with E-state index in [2.05, 4.69) is 37.9 Å². The van der Waals surface area contributed by atoms with Crippen molar-refractivity contribution < 1.29 is 0 Å². The van der Waals surface area contributed by atoms with Gasteiger partial charge in [-0.3, -0.25) is 0 Å². The zero-order valence-electron chi connectivity index (χ0n) is 9.26.